The number of aliphatic hydroxyl groups is 1. The summed E-state index contributed by atoms with van der Waals surface area (Å²) in [6.07, 6.45) is -0.307. The molecule has 1 N–H and O–H groups in total. The molecule has 2 saturated heterocycles. The molecule has 1 spiro atoms. The van der Waals surface area contributed by atoms with E-state index in [4.69, 9.17) is 4.74 Å². The summed E-state index contributed by atoms with van der Waals surface area (Å²) in [5, 5.41) is 10.3. The van der Waals surface area contributed by atoms with Crippen molar-refractivity contribution in [3.8, 4) is 0 Å². The van der Waals surface area contributed by atoms with Gasteiger partial charge < -0.3 is 19.6 Å². The molecule has 0 bridgehead atoms. The zero-order valence-corrected chi connectivity index (χ0v) is 19.0. The number of hydrogen-bond acceptors (Lipinski definition) is 5. The molecule has 1 aliphatic carbocycles. The number of ether oxygens (including phenoxy) is 1. The third-order valence-corrected chi connectivity index (χ3v) is 7.29. The number of halogens is 1. The van der Waals surface area contributed by atoms with E-state index in [0.29, 0.717) is 13.0 Å². The first-order valence-corrected chi connectivity index (χ1v) is 11.7. The Balaban J connectivity index is 1.22. The fraction of sp³-hybridized carbons (Fsp3) is 0.625. The highest BCUT2D eigenvalue weighted by Gasteiger charge is 2.52. The Hall–Kier alpha value is -2.68. The zero-order valence-electron chi connectivity index (χ0n) is 19.0. The van der Waals surface area contributed by atoms with Gasteiger partial charge in [0, 0.05) is 39.1 Å². The number of hydrogen-bond donors (Lipinski definition) is 1. The zero-order chi connectivity index (χ0) is 23.6. The summed E-state index contributed by atoms with van der Waals surface area (Å²) in [6, 6.07) is 8.57. The minimum Gasteiger partial charge on any atom is -0.445 e. The van der Waals surface area contributed by atoms with E-state index in [1.807, 2.05) is 30.3 Å². The van der Waals surface area contributed by atoms with Gasteiger partial charge in [-0.1, -0.05) is 30.3 Å². The number of alkyl halides is 1. The van der Waals surface area contributed by atoms with Crippen LogP contribution < -0.4 is 0 Å². The van der Waals surface area contributed by atoms with Crippen molar-refractivity contribution in [2.45, 2.75) is 57.5 Å². The van der Waals surface area contributed by atoms with Gasteiger partial charge >= 0.3 is 6.09 Å². The number of benzene rings is 1. The number of carbonyl (C=O) groups is 3. The molecule has 3 atom stereocenters. The second-order valence-electron chi connectivity index (χ2n) is 9.40. The Morgan fingerprint density at radius 2 is 1.91 bits per heavy atom. The number of β-amino-alcohol motifs (C(OH)–C–C–N with tert-alkyl or cyclic N) is 1. The first kappa shape index (κ1) is 23.5. The largest absolute Gasteiger partial charge is 0.445 e. The Bertz CT molecular complexity index is 878. The Kier molecular flexibility index (Phi) is 6.88. The lowest BCUT2D eigenvalue weighted by atomic mass is 9.90. The van der Waals surface area contributed by atoms with Gasteiger partial charge in [-0.25, -0.2) is 9.18 Å². The van der Waals surface area contributed by atoms with E-state index < -0.39 is 30.3 Å². The molecule has 1 aromatic rings. The smallest absolute Gasteiger partial charge is 0.410 e. The molecule has 8 nitrogen and oxygen atoms in total. The number of piperidine rings is 1. The SMILES string of the molecule is CC1C(=O)N(CCC(F)C(=O)N2CCC3(CC3)C(O)C2)CCN1C(=O)OCc1ccccc1. The summed E-state index contributed by atoms with van der Waals surface area (Å²) in [7, 11) is 0. The van der Waals surface area contributed by atoms with Crippen molar-refractivity contribution < 1.29 is 28.6 Å². The average Bonchev–Trinajstić information content (AvgIpc) is 3.61. The number of likely N-dealkylation sites (tertiary alicyclic amines) is 1. The van der Waals surface area contributed by atoms with Crippen LogP contribution in [0, 0.1) is 5.41 Å². The van der Waals surface area contributed by atoms with Crippen molar-refractivity contribution in [1.29, 1.82) is 0 Å². The summed E-state index contributed by atoms with van der Waals surface area (Å²) in [6.45, 7) is 3.04. The lowest BCUT2D eigenvalue weighted by Gasteiger charge is -2.39. The van der Waals surface area contributed by atoms with Crippen LogP contribution in [-0.4, -0.2) is 88.8 Å². The quantitative estimate of drug-likeness (QED) is 0.700. The third-order valence-electron chi connectivity index (χ3n) is 7.29. The van der Waals surface area contributed by atoms with Gasteiger partial charge in [0.15, 0.2) is 6.17 Å². The van der Waals surface area contributed by atoms with E-state index in [1.165, 1.54) is 14.7 Å². The predicted octanol–water partition coefficient (Wildman–Crippen LogP) is 1.96. The minimum atomic E-state index is -1.72. The predicted molar refractivity (Wildman–Crippen MR) is 118 cm³/mol. The van der Waals surface area contributed by atoms with Crippen molar-refractivity contribution in [3.63, 3.8) is 0 Å². The molecule has 0 radical (unpaired) electrons. The molecule has 1 saturated carbocycles. The van der Waals surface area contributed by atoms with Crippen molar-refractivity contribution in [2.75, 3.05) is 32.7 Å². The lowest BCUT2D eigenvalue weighted by Crippen LogP contribution is -2.58. The minimum absolute atomic E-state index is 0.0485. The second kappa shape index (κ2) is 9.67. The molecule has 9 heteroatoms. The number of aliphatic hydroxyl groups excluding tert-OH is 1. The van der Waals surface area contributed by atoms with Gasteiger partial charge in [0.1, 0.15) is 12.6 Å². The van der Waals surface area contributed by atoms with Crippen molar-refractivity contribution in [1.82, 2.24) is 14.7 Å². The number of rotatable bonds is 6. The molecule has 3 fully saturated rings. The molecule has 2 heterocycles. The van der Waals surface area contributed by atoms with Crippen LogP contribution in [0.5, 0.6) is 0 Å². The van der Waals surface area contributed by atoms with E-state index >= 15 is 0 Å². The maximum Gasteiger partial charge on any atom is 0.410 e. The van der Waals surface area contributed by atoms with Crippen molar-refractivity contribution in [2.24, 2.45) is 5.41 Å². The fourth-order valence-corrected chi connectivity index (χ4v) is 4.76. The average molecular weight is 462 g/mol. The van der Waals surface area contributed by atoms with Crippen LogP contribution in [0.2, 0.25) is 0 Å². The van der Waals surface area contributed by atoms with E-state index in [9.17, 15) is 23.9 Å². The monoisotopic (exact) mass is 461 g/mol. The fourth-order valence-electron chi connectivity index (χ4n) is 4.76. The molecule has 3 unspecified atom stereocenters. The first-order valence-electron chi connectivity index (χ1n) is 11.7. The third kappa shape index (κ3) is 5.13. The Labute approximate surface area is 193 Å². The first-order chi connectivity index (χ1) is 15.8. The van der Waals surface area contributed by atoms with E-state index in [2.05, 4.69) is 0 Å². The molecule has 3 amide bonds. The van der Waals surface area contributed by atoms with Crippen LogP contribution in [0.4, 0.5) is 9.18 Å². The number of nitrogens with zero attached hydrogens (tertiary/aromatic N) is 3. The summed E-state index contributed by atoms with van der Waals surface area (Å²) in [5.74, 6) is -0.908. The van der Waals surface area contributed by atoms with Gasteiger partial charge in [-0.2, -0.15) is 0 Å². The molecule has 33 heavy (non-hydrogen) atoms. The van der Waals surface area contributed by atoms with Gasteiger partial charge in [0.2, 0.25) is 5.91 Å². The molecule has 180 valence electrons. The highest BCUT2D eigenvalue weighted by molar-refractivity contribution is 5.86. The number of piperazine rings is 1. The summed E-state index contributed by atoms with van der Waals surface area (Å²) >= 11 is 0. The van der Waals surface area contributed by atoms with E-state index in [0.717, 1.165) is 18.4 Å². The normalized spacial score (nSPS) is 25.2. The van der Waals surface area contributed by atoms with Gasteiger partial charge in [-0.15, -0.1) is 0 Å². The molecular weight excluding hydrogens is 429 g/mol. The summed E-state index contributed by atoms with van der Waals surface area (Å²) < 4.78 is 20.0. The Morgan fingerprint density at radius 1 is 1.18 bits per heavy atom. The molecule has 3 aliphatic rings. The number of amides is 3. The van der Waals surface area contributed by atoms with Gasteiger partial charge in [-0.05, 0) is 37.2 Å². The summed E-state index contributed by atoms with van der Waals surface area (Å²) in [4.78, 5) is 42.0. The standard InChI is InChI=1S/C24H32FN3O5/c1-17-21(30)26(13-14-28(17)23(32)33-16-18-5-3-2-4-6-18)11-7-19(25)22(31)27-12-10-24(8-9-24)20(29)15-27/h2-6,17,19-20,29H,7-16H2,1H3. The maximum absolute atomic E-state index is 14.7. The molecule has 4 rings (SSSR count). The van der Waals surface area contributed by atoms with Crippen LogP contribution in [0.15, 0.2) is 30.3 Å². The van der Waals surface area contributed by atoms with Crippen LogP contribution in [0.3, 0.4) is 0 Å². The van der Waals surface area contributed by atoms with Crippen LogP contribution in [0.25, 0.3) is 0 Å². The maximum atomic E-state index is 14.7. The molecule has 1 aromatic carbocycles. The number of carbonyl (C=O) groups excluding carboxylic acids is 3. The van der Waals surface area contributed by atoms with Crippen LogP contribution >= 0.6 is 0 Å². The Morgan fingerprint density at radius 3 is 2.58 bits per heavy atom. The lowest BCUT2D eigenvalue weighted by molar-refractivity contribution is -0.144. The second-order valence-corrected chi connectivity index (χ2v) is 9.40. The molecule has 2 aliphatic heterocycles. The van der Waals surface area contributed by atoms with Crippen molar-refractivity contribution in [3.05, 3.63) is 35.9 Å². The van der Waals surface area contributed by atoms with E-state index in [-0.39, 0.29) is 50.5 Å². The summed E-state index contributed by atoms with van der Waals surface area (Å²) in [5.41, 5.74) is 0.809. The topological polar surface area (TPSA) is 90.4 Å². The van der Waals surface area contributed by atoms with Gasteiger partial charge in [0.25, 0.3) is 5.91 Å². The van der Waals surface area contributed by atoms with Gasteiger partial charge in [0.05, 0.1) is 6.10 Å². The van der Waals surface area contributed by atoms with E-state index in [1.54, 1.807) is 6.92 Å². The van der Waals surface area contributed by atoms with Crippen LogP contribution in [0.1, 0.15) is 38.2 Å². The van der Waals surface area contributed by atoms with Crippen molar-refractivity contribution >= 4 is 17.9 Å². The molecule has 0 aromatic heterocycles. The van der Waals surface area contributed by atoms with Gasteiger partial charge in [-0.3, -0.25) is 14.5 Å². The highest BCUT2D eigenvalue weighted by atomic mass is 19.1. The highest BCUT2D eigenvalue weighted by Crippen LogP contribution is 2.53. The molecular formula is C24H32FN3O5. The van der Waals surface area contributed by atoms with Crippen LogP contribution in [-0.2, 0) is 20.9 Å².